The zero-order chi connectivity index (χ0) is 50.0. The fourth-order valence-corrected chi connectivity index (χ4v) is 7.70. The molecule has 0 aromatic rings. The lowest BCUT2D eigenvalue weighted by Gasteiger charge is -2.18. The average Bonchev–Trinajstić information content (AvgIpc) is 3.35. The number of ether oxygens (including phenoxy) is 3. The second-order valence-corrected chi connectivity index (χ2v) is 18.8. The second-order valence-electron chi connectivity index (χ2n) is 18.8. The molecule has 6 nitrogen and oxygen atoms in total. The Labute approximate surface area is 426 Å². The molecule has 0 bridgehead atoms. The molecule has 0 N–H and O–H groups in total. The summed E-state index contributed by atoms with van der Waals surface area (Å²) in [6.07, 6.45) is 75.3. The van der Waals surface area contributed by atoms with Crippen LogP contribution in [0.3, 0.4) is 0 Å². The van der Waals surface area contributed by atoms with E-state index in [1.165, 1.54) is 116 Å². The van der Waals surface area contributed by atoms with E-state index in [4.69, 9.17) is 14.2 Å². The summed E-state index contributed by atoms with van der Waals surface area (Å²) in [5.41, 5.74) is 0. The molecular formula is C63H106O6. The summed E-state index contributed by atoms with van der Waals surface area (Å²) in [6.45, 7) is 6.53. The maximum atomic E-state index is 12.8. The Morgan fingerprint density at radius 1 is 0.290 bits per heavy atom. The molecule has 0 saturated heterocycles. The summed E-state index contributed by atoms with van der Waals surface area (Å²) in [7, 11) is 0. The van der Waals surface area contributed by atoms with Crippen molar-refractivity contribution < 1.29 is 28.6 Å². The maximum absolute atomic E-state index is 12.8. The lowest BCUT2D eigenvalue weighted by molar-refractivity contribution is -0.167. The molecule has 0 amide bonds. The second kappa shape index (κ2) is 56.9. The number of hydrogen-bond donors (Lipinski definition) is 0. The highest BCUT2D eigenvalue weighted by atomic mass is 16.6. The van der Waals surface area contributed by atoms with Gasteiger partial charge in [-0.15, -0.1) is 0 Å². The van der Waals surface area contributed by atoms with Gasteiger partial charge in [-0.2, -0.15) is 0 Å². The van der Waals surface area contributed by atoms with Gasteiger partial charge in [0.1, 0.15) is 13.2 Å². The summed E-state index contributed by atoms with van der Waals surface area (Å²) < 4.78 is 16.8. The first-order valence-electron chi connectivity index (χ1n) is 28.7. The number of rotatable bonds is 51. The normalized spacial score (nSPS) is 12.8. The van der Waals surface area contributed by atoms with E-state index in [9.17, 15) is 14.4 Å². The van der Waals surface area contributed by atoms with Crippen molar-refractivity contribution in [2.24, 2.45) is 0 Å². The molecule has 0 unspecified atom stereocenters. The number of carbonyl (C=O) groups is 3. The Morgan fingerprint density at radius 2 is 0.522 bits per heavy atom. The van der Waals surface area contributed by atoms with Crippen molar-refractivity contribution in [2.75, 3.05) is 13.2 Å². The number of esters is 3. The number of allylic oxidation sites excluding steroid dienone is 16. The minimum atomic E-state index is -0.807. The van der Waals surface area contributed by atoms with Crippen LogP contribution in [-0.2, 0) is 28.6 Å². The van der Waals surface area contributed by atoms with Crippen molar-refractivity contribution in [1.82, 2.24) is 0 Å². The van der Waals surface area contributed by atoms with E-state index in [0.717, 1.165) is 109 Å². The molecule has 0 aliphatic rings. The lowest BCUT2D eigenvalue weighted by Crippen LogP contribution is -2.30. The minimum Gasteiger partial charge on any atom is -0.462 e. The third-order valence-electron chi connectivity index (χ3n) is 12.1. The molecule has 0 aliphatic heterocycles. The van der Waals surface area contributed by atoms with Gasteiger partial charge in [0.2, 0.25) is 0 Å². The Kier molecular flexibility index (Phi) is 53.9. The SMILES string of the molecule is CCCCC/C=C\C/C=C\C/C=C\C/C=C\CCCCCC(=O)OC[C@H](COC(=O)CCCCCCCCCCCCCCC)OC(=O)CCCCC/C=C\C/C=C\C/C=C\C/C=C\CCCCC. The first kappa shape index (κ1) is 65.3. The van der Waals surface area contributed by atoms with E-state index in [0.29, 0.717) is 12.8 Å². The summed E-state index contributed by atoms with van der Waals surface area (Å²) >= 11 is 0. The van der Waals surface area contributed by atoms with Crippen LogP contribution in [0.25, 0.3) is 0 Å². The highest BCUT2D eigenvalue weighted by molar-refractivity contribution is 5.71. The van der Waals surface area contributed by atoms with Crippen LogP contribution in [0.15, 0.2) is 97.2 Å². The molecule has 0 aromatic heterocycles. The van der Waals surface area contributed by atoms with Crippen LogP contribution in [-0.4, -0.2) is 37.2 Å². The standard InChI is InChI=1S/C63H106O6/c1-4-7-10-13-16-19-22-25-27-29-31-33-35-38-41-44-47-50-53-56-62(65)68-59-60(58-67-61(64)55-52-49-46-43-40-37-24-21-18-15-12-9-6-3)69-63(66)57-54-51-48-45-42-39-36-34-32-30-28-26-23-20-17-14-11-8-5-2/h16-17,19-20,25-28,31-34,38-39,41-42,60H,4-15,18,21-24,29-30,35-37,40,43-59H2,1-3H3/b19-16-,20-17-,27-25-,28-26-,33-31-,34-32-,41-38-,42-39-/t60-/m0/s1. The van der Waals surface area contributed by atoms with Crippen LogP contribution < -0.4 is 0 Å². The molecule has 0 fully saturated rings. The monoisotopic (exact) mass is 959 g/mol. The molecule has 0 aromatic carbocycles. The highest BCUT2D eigenvalue weighted by Crippen LogP contribution is 2.14. The predicted octanol–water partition coefficient (Wildman–Crippen LogP) is 19.3. The summed E-state index contributed by atoms with van der Waals surface area (Å²) in [6, 6.07) is 0. The zero-order valence-corrected chi connectivity index (χ0v) is 45.0. The quantitative estimate of drug-likeness (QED) is 0.0262. The van der Waals surface area contributed by atoms with E-state index < -0.39 is 6.10 Å². The molecular weight excluding hydrogens is 853 g/mol. The Morgan fingerprint density at radius 3 is 0.841 bits per heavy atom. The largest absolute Gasteiger partial charge is 0.462 e. The molecule has 69 heavy (non-hydrogen) atoms. The molecule has 0 saturated carbocycles. The van der Waals surface area contributed by atoms with Gasteiger partial charge < -0.3 is 14.2 Å². The number of hydrogen-bond acceptors (Lipinski definition) is 6. The van der Waals surface area contributed by atoms with Crippen LogP contribution in [0.5, 0.6) is 0 Å². The van der Waals surface area contributed by atoms with Gasteiger partial charge in [-0.3, -0.25) is 14.4 Å². The highest BCUT2D eigenvalue weighted by Gasteiger charge is 2.19. The van der Waals surface area contributed by atoms with Crippen LogP contribution >= 0.6 is 0 Å². The van der Waals surface area contributed by atoms with Gasteiger partial charge >= 0.3 is 17.9 Å². The average molecular weight is 960 g/mol. The number of unbranched alkanes of at least 4 members (excludes halogenated alkanes) is 24. The van der Waals surface area contributed by atoms with Crippen molar-refractivity contribution in [3.05, 3.63) is 97.2 Å². The van der Waals surface area contributed by atoms with E-state index in [1.54, 1.807) is 0 Å². The zero-order valence-electron chi connectivity index (χ0n) is 45.0. The molecule has 0 radical (unpaired) electrons. The van der Waals surface area contributed by atoms with Gasteiger partial charge in [-0.05, 0) is 109 Å². The van der Waals surface area contributed by atoms with Gasteiger partial charge in [0.15, 0.2) is 6.10 Å². The van der Waals surface area contributed by atoms with E-state index in [2.05, 4.69) is 118 Å². The van der Waals surface area contributed by atoms with Gasteiger partial charge in [-0.1, -0.05) is 234 Å². The van der Waals surface area contributed by atoms with Gasteiger partial charge in [0, 0.05) is 19.3 Å². The maximum Gasteiger partial charge on any atom is 0.306 e. The van der Waals surface area contributed by atoms with Crippen molar-refractivity contribution in [1.29, 1.82) is 0 Å². The van der Waals surface area contributed by atoms with Crippen LogP contribution in [0, 0.1) is 0 Å². The minimum absolute atomic E-state index is 0.0998. The summed E-state index contributed by atoms with van der Waals surface area (Å²) in [4.78, 5) is 38.1. The smallest absolute Gasteiger partial charge is 0.306 e. The molecule has 1 atom stereocenters. The van der Waals surface area contributed by atoms with E-state index in [-0.39, 0.29) is 37.5 Å². The van der Waals surface area contributed by atoms with Gasteiger partial charge in [0.05, 0.1) is 0 Å². The lowest BCUT2D eigenvalue weighted by atomic mass is 10.0. The predicted molar refractivity (Wildman–Crippen MR) is 297 cm³/mol. The van der Waals surface area contributed by atoms with Crippen molar-refractivity contribution in [3.63, 3.8) is 0 Å². The molecule has 0 heterocycles. The Bertz CT molecular complexity index is 1380. The third-order valence-corrected chi connectivity index (χ3v) is 12.1. The topological polar surface area (TPSA) is 78.9 Å². The number of carbonyl (C=O) groups excluding carboxylic acids is 3. The van der Waals surface area contributed by atoms with Gasteiger partial charge in [-0.25, -0.2) is 0 Å². The van der Waals surface area contributed by atoms with Crippen LogP contribution in [0.4, 0.5) is 0 Å². The van der Waals surface area contributed by atoms with Crippen molar-refractivity contribution in [3.8, 4) is 0 Å². The van der Waals surface area contributed by atoms with Crippen molar-refractivity contribution >= 4 is 17.9 Å². The molecule has 0 rings (SSSR count). The summed E-state index contributed by atoms with van der Waals surface area (Å²) in [5, 5.41) is 0. The Balaban J connectivity index is 4.50. The molecule has 394 valence electrons. The molecule has 0 spiro atoms. The van der Waals surface area contributed by atoms with E-state index >= 15 is 0 Å². The van der Waals surface area contributed by atoms with Crippen LogP contribution in [0.2, 0.25) is 0 Å². The van der Waals surface area contributed by atoms with Crippen molar-refractivity contribution in [2.45, 2.75) is 271 Å². The van der Waals surface area contributed by atoms with Gasteiger partial charge in [0.25, 0.3) is 0 Å². The fraction of sp³-hybridized carbons (Fsp3) is 0.698. The summed E-state index contributed by atoms with van der Waals surface area (Å²) in [5.74, 6) is -0.960. The molecule has 0 aliphatic carbocycles. The molecule has 6 heteroatoms. The first-order valence-corrected chi connectivity index (χ1v) is 28.7. The first-order chi connectivity index (χ1) is 34.0. The Hall–Kier alpha value is -3.67. The fourth-order valence-electron chi connectivity index (χ4n) is 7.70. The van der Waals surface area contributed by atoms with E-state index in [1.807, 2.05) is 0 Å². The van der Waals surface area contributed by atoms with Crippen LogP contribution in [0.1, 0.15) is 265 Å². The third kappa shape index (κ3) is 55.1.